The molecule has 0 heteroatoms. The zero-order valence-corrected chi connectivity index (χ0v) is 15.3. The Hall–Kier alpha value is -3.12. The third-order valence-electron chi connectivity index (χ3n) is 4.97. The highest BCUT2D eigenvalue weighted by molar-refractivity contribution is 5.96. The van der Waals surface area contributed by atoms with Crippen LogP contribution >= 0.6 is 0 Å². The van der Waals surface area contributed by atoms with Gasteiger partial charge in [0, 0.05) is 0 Å². The summed E-state index contributed by atoms with van der Waals surface area (Å²) in [5.74, 6) is 0. The van der Waals surface area contributed by atoms with Gasteiger partial charge in [0.1, 0.15) is 0 Å². The van der Waals surface area contributed by atoms with E-state index < -0.39 is 0 Å². The van der Waals surface area contributed by atoms with Crippen LogP contribution in [0.5, 0.6) is 0 Å². The fourth-order valence-corrected chi connectivity index (χ4v) is 3.41. The fourth-order valence-electron chi connectivity index (χ4n) is 3.41. The van der Waals surface area contributed by atoms with E-state index in [9.17, 15) is 0 Å². The van der Waals surface area contributed by atoms with E-state index in [0.717, 1.165) is 0 Å². The van der Waals surface area contributed by atoms with Gasteiger partial charge in [0.05, 0.1) is 0 Å². The van der Waals surface area contributed by atoms with Gasteiger partial charge in [0.25, 0.3) is 0 Å². The second kappa shape index (κ2) is 6.65. The average Bonchev–Trinajstić information content (AvgIpc) is 2.67. The SMILES string of the molecule is C=Cc1cc(-c2ccc(C)cc2)cc2cc(-c3ccc(C)cc3)ccc12. The summed E-state index contributed by atoms with van der Waals surface area (Å²) in [5.41, 5.74) is 8.69. The maximum absolute atomic E-state index is 4.02. The maximum Gasteiger partial charge on any atom is -0.0111 e. The molecule has 126 valence electrons. The highest BCUT2D eigenvalue weighted by Gasteiger charge is 2.06. The molecule has 4 aromatic carbocycles. The van der Waals surface area contributed by atoms with E-state index >= 15 is 0 Å². The number of aryl methyl sites for hydroxylation is 2. The number of rotatable bonds is 3. The Bertz CT molecular complexity index is 1080. The summed E-state index contributed by atoms with van der Waals surface area (Å²) in [7, 11) is 0. The van der Waals surface area contributed by atoms with Gasteiger partial charge in [-0.15, -0.1) is 0 Å². The summed E-state index contributed by atoms with van der Waals surface area (Å²) < 4.78 is 0. The molecule has 0 atom stereocenters. The van der Waals surface area contributed by atoms with Gasteiger partial charge >= 0.3 is 0 Å². The first kappa shape index (κ1) is 16.4. The van der Waals surface area contributed by atoms with E-state index in [-0.39, 0.29) is 0 Å². The minimum Gasteiger partial charge on any atom is -0.0984 e. The maximum atomic E-state index is 4.02. The van der Waals surface area contributed by atoms with Gasteiger partial charge in [-0.05, 0) is 70.6 Å². The van der Waals surface area contributed by atoms with Crippen molar-refractivity contribution in [2.24, 2.45) is 0 Å². The zero-order valence-electron chi connectivity index (χ0n) is 15.3. The number of hydrogen-bond acceptors (Lipinski definition) is 0. The lowest BCUT2D eigenvalue weighted by molar-refractivity contribution is 1.47. The first-order valence-corrected chi connectivity index (χ1v) is 8.98. The molecule has 0 amide bonds. The Balaban J connectivity index is 1.89. The quantitative estimate of drug-likeness (QED) is 0.365. The lowest BCUT2D eigenvalue weighted by Crippen LogP contribution is -1.86. The monoisotopic (exact) mass is 334 g/mol. The molecule has 0 aromatic heterocycles. The molecule has 0 aliphatic rings. The zero-order chi connectivity index (χ0) is 18.1. The van der Waals surface area contributed by atoms with E-state index in [1.807, 2.05) is 6.08 Å². The van der Waals surface area contributed by atoms with Crippen molar-refractivity contribution in [1.82, 2.24) is 0 Å². The van der Waals surface area contributed by atoms with Crippen molar-refractivity contribution in [3.63, 3.8) is 0 Å². The van der Waals surface area contributed by atoms with Crippen LogP contribution in [0.25, 0.3) is 39.1 Å². The Morgan fingerprint density at radius 3 is 1.65 bits per heavy atom. The van der Waals surface area contributed by atoms with Crippen LogP contribution in [0.3, 0.4) is 0 Å². The second-order valence-corrected chi connectivity index (χ2v) is 6.94. The van der Waals surface area contributed by atoms with E-state index in [1.54, 1.807) is 0 Å². The van der Waals surface area contributed by atoms with E-state index in [4.69, 9.17) is 0 Å². The summed E-state index contributed by atoms with van der Waals surface area (Å²) in [6.45, 7) is 8.26. The molecular weight excluding hydrogens is 312 g/mol. The van der Waals surface area contributed by atoms with Crippen molar-refractivity contribution in [1.29, 1.82) is 0 Å². The van der Waals surface area contributed by atoms with Crippen LogP contribution in [-0.2, 0) is 0 Å². The Kier molecular flexibility index (Phi) is 4.18. The van der Waals surface area contributed by atoms with Crippen LogP contribution in [0, 0.1) is 13.8 Å². The van der Waals surface area contributed by atoms with E-state index in [2.05, 4.69) is 99.3 Å². The number of benzene rings is 4. The molecule has 0 N–H and O–H groups in total. The molecule has 0 bridgehead atoms. The van der Waals surface area contributed by atoms with Crippen LogP contribution in [0.2, 0.25) is 0 Å². The van der Waals surface area contributed by atoms with Crippen molar-refractivity contribution < 1.29 is 0 Å². The van der Waals surface area contributed by atoms with Crippen LogP contribution in [-0.4, -0.2) is 0 Å². The van der Waals surface area contributed by atoms with Crippen molar-refractivity contribution in [2.75, 3.05) is 0 Å². The minimum atomic E-state index is 1.17. The van der Waals surface area contributed by atoms with Gasteiger partial charge in [-0.3, -0.25) is 0 Å². The van der Waals surface area contributed by atoms with Crippen molar-refractivity contribution in [3.8, 4) is 22.3 Å². The van der Waals surface area contributed by atoms with Crippen LogP contribution in [0.15, 0.2) is 85.4 Å². The Morgan fingerprint density at radius 1 is 0.577 bits per heavy atom. The third-order valence-corrected chi connectivity index (χ3v) is 4.97. The lowest BCUT2D eigenvalue weighted by atomic mass is 9.94. The average molecular weight is 334 g/mol. The first-order chi connectivity index (χ1) is 12.6. The second-order valence-electron chi connectivity index (χ2n) is 6.94. The molecule has 0 heterocycles. The van der Waals surface area contributed by atoms with Crippen molar-refractivity contribution in [2.45, 2.75) is 13.8 Å². The van der Waals surface area contributed by atoms with Gasteiger partial charge in [-0.2, -0.15) is 0 Å². The third kappa shape index (κ3) is 3.07. The van der Waals surface area contributed by atoms with Crippen molar-refractivity contribution >= 4 is 16.8 Å². The summed E-state index contributed by atoms with van der Waals surface area (Å²) in [6, 6.07) is 28.6. The van der Waals surface area contributed by atoms with Crippen molar-refractivity contribution in [3.05, 3.63) is 102 Å². The molecule has 26 heavy (non-hydrogen) atoms. The summed E-state index contributed by atoms with van der Waals surface area (Å²) >= 11 is 0. The lowest BCUT2D eigenvalue weighted by Gasteiger charge is -2.11. The molecule has 4 rings (SSSR count). The number of fused-ring (bicyclic) bond motifs is 1. The summed E-state index contributed by atoms with van der Waals surface area (Å²) in [5, 5.41) is 2.49. The van der Waals surface area contributed by atoms with Gasteiger partial charge < -0.3 is 0 Å². The highest BCUT2D eigenvalue weighted by atomic mass is 14.1. The predicted molar refractivity (Wildman–Crippen MR) is 114 cm³/mol. The normalized spacial score (nSPS) is 10.8. The van der Waals surface area contributed by atoms with E-state index in [0.29, 0.717) is 0 Å². The summed E-state index contributed by atoms with van der Waals surface area (Å²) in [6.07, 6.45) is 1.95. The fraction of sp³-hybridized carbons (Fsp3) is 0.0769. The van der Waals surface area contributed by atoms with E-state index in [1.165, 1.54) is 49.7 Å². The molecule has 0 unspecified atom stereocenters. The van der Waals surface area contributed by atoms with Gasteiger partial charge in [0.2, 0.25) is 0 Å². The smallest absolute Gasteiger partial charge is 0.0111 e. The van der Waals surface area contributed by atoms with Crippen LogP contribution in [0.4, 0.5) is 0 Å². The molecule has 0 saturated carbocycles. The molecular formula is C26H22. The van der Waals surface area contributed by atoms with Gasteiger partial charge in [-0.25, -0.2) is 0 Å². The summed E-state index contributed by atoms with van der Waals surface area (Å²) in [4.78, 5) is 0. The number of hydrogen-bond donors (Lipinski definition) is 0. The minimum absolute atomic E-state index is 1.17. The first-order valence-electron chi connectivity index (χ1n) is 8.98. The van der Waals surface area contributed by atoms with Crippen LogP contribution < -0.4 is 0 Å². The molecule has 0 aliphatic carbocycles. The Morgan fingerprint density at radius 2 is 1.08 bits per heavy atom. The molecule has 4 aromatic rings. The van der Waals surface area contributed by atoms with Gasteiger partial charge in [-0.1, -0.05) is 84.4 Å². The topological polar surface area (TPSA) is 0 Å². The Labute approximate surface area is 155 Å². The molecule has 0 fully saturated rings. The predicted octanol–water partition coefficient (Wildman–Crippen LogP) is 7.43. The van der Waals surface area contributed by atoms with Gasteiger partial charge in [0.15, 0.2) is 0 Å². The highest BCUT2D eigenvalue weighted by Crippen LogP contribution is 2.32. The largest absolute Gasteiger partial charge is 0.0984 e. The standard InChI is InChI=1S/C26H22/c1-4-20-15-24(22-11-7-19(3)8-12-22)17-25-16-23(13-14-26(20)25)21-9-5-18(2)6-10-21/h4-17H,1H2,2-3H3. The molecule has 0 spiro atoms. The molecule has 0 aliphatic heterocycles. The molecule has 0 radical (unpaired) electrons. The molecule has 0 saturated heterocycles. The molecule has 0 nitrogen and oxygen atoms in total. The van der Waals surface area contributed by atoms with Crippen LogP contribution in [0.1, 0.15) is 16.7 Å².